The number of anilines is 1. The van der Waals surface area contributed by atoms with Gasteiger partial charge in [0.15, 0.2) is 0 Å². The fraction of sp³-hybridized carbons (Fsp3) is 0.0698. The van der Waals surface area contributed by atoms with E-state index >= 15 is 0 Å². The second-order valence-corrected chi connectivity index (χ2v) is 12.2. The van der Waals surface area contributed by atoms with E-state index in [4.69, 9.17) is 10.5 Å². The number of halogens is 6. The van der Waals surface area contributed by atoms with Gasteiger partial charge in [-0.2, -0.15) is 26.3 Å². The number of benzene rings is 7. The van der Waals surface area contributed by atoms with Crippen LogP contribution in [0, 0.1) is 0 Å². The molecule has 51 heavy (non-hydrogen) atoms. The quantitative estimate of drug-likeness (QED) is 0.134. The predicted octanol–water partition coefficient (Wildman–Crippen LogP) is 12.7. The lowest BCUT2D eigenvalue weighted by atomic mass is 9.95. The number of para-hydroxylation sites is 2. The van der Waals surface area contributed by atoms with E-state index < -0.39 is 23.5 Å². The van der Waals surface area contributed by atoms with E-state index in [1.54, 1.807) is 12.1 Å². The first-order chi connectivity index (χ1) is 24.4. The zero-order chi connectivity index (χ0) is 35.8. The van der Waals surface area contributed by atoms with E-state index in [0.29, 0.717) is 18.0 Å². The molecule has 8 heteroatoms. The first-order valence-electron chi connectivity index (χ1n) is 16.0. The molecule has 7 aromatic rings. The highest BCUT2D eigenvalue weighted by Crippen LogP contribution is 2.39. The average molecular weight is 690 g/mol. The molecule has 7 rings (SSSR count). The highest BCUT2D eigenvalue weighted by Gasteiger charge is 2.37. The van der Waals surface area contributed by atoms with Crippen LogP contribution in [0.25, 0.3) is 55.3 Å². The first kappa shape index (κ1) is 33.5. The number of ether oxygens (including phenoxy) is 1. The van der Waals surface area contributed by atoms with Gasteiger partial charge in [0, 0.05) is 0 Å². The molecule has 0 radical (unpaired) electrons. The maximum atomic E-state index is 13.4. The molecule has 0 aliphatic heterocycles. The molecule has 0 saturated heterocycles. The minimum Gasteiger partial charge on any atom is -0.487 e. The van der Waals surface area contributed by atoms with Crippen molar-refractivity contribution in [2.45, 2.75) is 19.0 Å². The molecule has 0 aliphatic carbocycles. The molecule has 0 saturated carbocycles. The summed E-state index contributed by atoms with van der Waals surface area (Å²) >= 11 is 0. The maximum absolute atomic E-state index is 13.4. The van der Waals surface area contributed by atoms with Crippen molar-refractivity contribution in [2.24, 2.45) is 0 Å². The molecule has 2 N–H and O–H groups in total. The van der Waals surface area contributed by atoms with Gasteiger partial charge < -0.3 is 10.5 Å². The molecule has 0 fully saturated rings. The summed E-state index contributed by atoms with van der Waals surface area (Å²) in [4.78, 5) is 0. The Kier molecular flexibility index (Phi) is 8.77. The lowest BCUT2D eigenvalue weighted by molar-refractivity contribution is -0.143. The molecule has 0 atom stereocenters. The lowest BCUT2D eigenvalue weighted by Crippen LogP contribution is -2.11. The molecule has 2 nitrogen and oxygen atoms in total. The molecule has 0 aromatic heterocycles. The summed E-state index contributed by atoms with van der Waals surface area (Å²) in [5.74, 6) is 0.659. The third kappa shape index (κ3) is 7.45. The van der Waals surface area contributed by atoms with Gasteiger partial charge in [-0.1, -0.05) is 109 Å². The molecule has 0 amide bonds. The molecular formula is C43H29F6NO. The molecular weight excluding hydrogens is 660 g/mol. The van der Waals surface area contributed by atoms with E-state index in [9.17, 15) is 26.3 Å². The maximum Gasteiger partial charge on any atom is 0.416 e. The molecule has 0 spiro atoms. The van der Waals surface area contributed by atoms with Gasteiger partial charge in [0.05, 0.1) is 16.8 Å². The van der Waals surface area contributed by atoms with Crippen LogP contribution < -0.4 is 10.5 Å². The highest BCUT2D eigenvalue weighted by atomic mass is 19.4. The number of nitrogens with two attached hydrogens (primary N) is 1. The number of hydrogen-bond acceptors (Lipinski definition) is 2. The third-order valence-corrected chi connectivity index (χ3v) is 8.80. The smallest absolute Gasteiger partial charge is 0.416 e. The average Bonchev–Trinajstić information content (AvgIpc) is 3.13. The van der Waals surface area contributed by atoms with Gasteiger partial charge in [-0.25, -0.2) is 0 Å². The van der Waals surface area contributed by atoms with Crippen LogP contribution in [0.1, 0.15) is 16.7 Å². The van der Waals surface area contributed by atoms with E-state index in [2.05, 4.69) is 48.5 Å². The van der Waals surface area contributed by atoms with Crippen molar-refractivity contribution < 1.29 is 31.1 Å². The Labute approximate surface area is 290 Å². The predicted molar refractivity (Wildman–Crippen MR) is 191 cm³/mol. The minimum absolute atomic E-state index is 0.133. The van der Waals surface area contributed by atoms with Crippen molar-refractivity contribution in [3.05, 3.63) is 168 Å². The molecule has 7 aromatic carbocycles. The van der Waals surface area contributed by atoms with Gasteiger partial charge in [0.25, 0.3) is 0 Å². The second-order valence-electron chi connectivity index (χ2n) is 12.2. The van der Waals surface area contributed by atoms with E-state index in [1.807, 2.05) is 60.7 Å². The van der Waals surface area contributed by atoms with Crippen LogP contribution in [0.3, 0.4) is 0 Å². The molecule has 0 bridgehead atoms. The molecule has 0 heterocycles. The zero-order valence-electron chi connectivity index (χ0n) is 26.9. The molecule has 0 unspecified atom stereocenters. The summed E-state index contributed by atoms with van der Waals surface area (Å²) in [5.41, 5.74) is 10.9. The van der Waals surface area contributed by atoms with Gasteiger partial charge in [-0.15, -0.1) is 0 Å². The monoisotopic (exact) mass is 689 g/mol. The van der Waals surface area contributed by atoms with Crippen molar-refractivity contribution in [1.29, 1.82) is 0 Å². The number of hydrogen-bond donors (Lipinski definition) is 1. The fourth-order valence-electron chi connectivity index (χ4n) is 6.00. The van der Waals surface area contributed by atoms with Crippen molar-refractivity contribution in [3.8, 4) is 50.3 Å². The van der Waals surface area contributed by atoms with E-state index in [-0.39, 0.29) is 17.2 Å². The number of alkyl halides is 6. The van der Waals surface area contributed by atoms with Gasteiger partial charge in [0.1, 0.15) is 12.4 Å². The topological polar surface area (TPSA) is 35.2 Å². The zero-order valence-corrected chi connectivity index (χ0v) is 26.9. The Balaban J connectivity index is 1.05. The minimum atomic E-state index is -4.91. The number of nitrogen functional groups attached to an aromatic ring is 1. The molecule has 254 valence electrons. The third-order valence-electron chi connectivity index (χ3n) is 8.80. The van der Waals surface area contributed by atoms with E-state index in [1.165, 1.54) is 12.1 Å². The van der Waals surface area contributed by atoms with Crippen molar-refractivity contribution in [1.82, 2.24) is 0 Å². The summed E-state index contributed by atoms with van der Waals surface area (Å²) in [7, 11) is 0. The normalized spacial score (nSPS) is 11.9. The summed E-state index contributed by atoms with van der Waals surface area (Å²) in [6, 6.07) is 44.2. The van der Waals surface area contributed by atoms with Crippen molar-refractivity contribution >= 4 is 16.5 Å². The summed E-state index contributed by atoms with van der Waals surface area (Å²) < 4.78 is 86.0. The Hall–Kier alpha value is -6.02. The van der Waals surface area contributed by atoms with Crippen molar-refractivity contribution in [3.63, 3.8) is 0 Å². The highest BCUT2D eigenvalue weighted by molar-refractivity contribution is 5.91. The van der Waals surface area contributed by atoms with Crippen LogP contribution in [0.15, 0.2) is 152 Å². The molecule has 0 aliphatic rings. The van der Waals surface area contributed by atoms with Crippen LogP contribution >= 0.6 is 0 Å². The lowest BCUT2D eigenvalue weighted by Gasteiger charge is -2.14. The SMILES string of the molecule is Nc1ccccc1OCc1ccc(-c2ccc3cc(-c4ccc(-c5ccc(-c6cc(C(F)(F)F)cc(C(F)(F)F)c6)cc5)cc4)ccc3c2)cc1. The largest absolute Gasteiger partial charge is 0.487 e. The first-order valence-corrected chi connectivity index (χ1v) is 16.0. The fourth-order valence-corrected chi connectivity index (χ4v) is 6.00. The Morgan fingerprint density at radius 3 is 1.25 bits per heavy atom. The van der Waals surface area contributed by atoms with E-state index in [0.717, 1.165) is 61.8 Å². The van der Waals surface area contributed by atoms with Crippen LogP contribution in [-0.2, 0) is 19.0 Å². The Morgan fingerprint density at radius 2 is 0.804 bits per heavy atom. The Bertz CT molecular complexity index is 2290. The van der Waals surface area contributed by atoms with Gasteiger partial charge in [0.2, 0.25) is 0 Å². The second kappa shape index (κ2) is 13.4. The van der Waals surface area contributed by atoms with Crippen LogP contribution in [-0.4, -0.2) is 0 Å². The standard InChI is InChI=1S/C43H29F6NO/c44-42(45,46)38-23-37(24-39(25-38)43(47,48)49)32-15-11-29(12-16-32)28-9-13-31(14-10-28)34-18-20-35-21-33(17-19-36(35)22-34)30-7-5-27(6-8-30)26-51-41-4-2-1-3-40(41)50/h1-25H,26,50H2. The van der Waals surface area contributed by atoms with Crippen LogP contribution in [0.2, 0.25) is 0 Å². The van der Waals surface area contributed by atoms with Gasteiger partial charge in [-0.05, 0) is 103 Å². The van der Waals surface area contributed by atoms with Crippen molar-refractivity contribution in [2.75, 3.05) is 5.73 Å². The van der Waals surface area contributed by atoms with Gasteiger partial charge in [-0.3, -0.25) is 0 Å². The number of fused-ring (bicyclic) bond motifs is 1. The summed E-state index contributed by atoms with van der Waals surface area (Å²) in [6.07, 6.45) is -9.82. The Morgan fingerprint density at radius 1 is 0.412 bits per heavy atom. The van der Waals surface area contributed by atoms with Crippen LogP contribution in [0.4, 0.5) is 32.0 Å². The summed E-state index contributed by atoms with van der Waals surface area (Å²) in [6.45, 7) is 0.417. The van der Waals surface area contributed by atoms with Crippen LogP contribution in [0.5, 0.6) is 5.75 Å². The van der Waals surface area contributed by atoms with Gasteiger partial charge >= 0.3 is 12.4 Å². The number of rotatable bonds is 7. The summed E-state index contributed by atoms with van der Waals surface area (Å²) in [5, 5.41) is 2.19.